The van der Waals surface area contributed by atoms with Crippen molar-refractivity contribution in [3.63, 3.8) is 0 Å². The van der Waals surface area contributed by atoms with Crippen molar-refractivity contribution in [1.29, 1.82) is 0 Å². The largest absolute Gasteiger partial charge is 0.493 e. The van der Waals surface area contributed by atoms with Gasteiger partial charge in [0.1, 0.15) is 47.5 Å². The van der Waals surface area contributed by atoms with Crippen molar-refractivity contribution < 1.29 is 37.4 Å². The van der Waals surface area contributed by atoms with Crippen LogP contribution in [0.1, 0.15) is 25.0 Å². The van der Waals surface area contributed by atoms with E-state index >= 15 is 0 Å². The Labute approximate surface area is 217 Å². The first-order chi connectivity index (χ1) is 18.2. The van der Waals surface area contributed by atoms with Gasteiger partial charge in [-0.1, -0.05) is 0 Å². The molecule has 0 spiro atoms. The third-order valence-corrected chi connectivity index (χ3v) is 5.59. The van der Waals surface area contributed by atoms with Gasteiger partial charge in [-0.15, -0.1) is 0 Å². The van der Waals surface area contributed by atoms with Crippen LogP contribution in [-0.4, -0.2) is 73.1 Å². The van der Waals surface area contributed by atoms with Gasteiger partial charge in [-0.2, -0.15) is 10.2 Å². The fourth-order valence-corrected chi connectivity index (χ4v) is 3.84. The summed E-state index contributed by atoms with van der Waals surface area (Å²) >= 11 is 0. The Hall–Kier alpha value is -4.48. The molecule has 200 valence electrons. The Bertz CT molecular complexity index is 1210. The van der Waals surface area contributed by atoms with Crippen molar-refractivity contribution in [2.24, 2.45) is 22.0 Å². The molecule has 2 aliphatic heterocycles. The number of hydrogen-bond acceptors (Lipinski definition) is 8. The molecule has 2 heterocycles. The zero-order chi connectivity index (χ0) is 28.0. The predicted octanol–water partition coefficient (Wildman–Crippen LogP) is 2.43. The van der Waals surface area contributed by atoms with Crippen molar-refractivity contribution in [3.8, 4) is 11.5 Å². The summed E-state index contributed by atoms with van der Waals surface area (Å²) in [4.78, 5) is 45.5. The van der Waals surface area contributed by atoms with Gasteiger partial charge in [-0.25, -0.2) is 18.8 Å². The summed E-state index contributed by atoms with van der Waals surface area (Å²) in [7, 11) is 2.94. The highest BCUT2D eigenvalue weighted by Gasteiger charge is 2.37. The number of amides is 2. The molecule has 38 heavy (non-hydrogen) atoms. The summed E-state index contributed by atoms with van der Waals surface area (Å²) in [6.45, 7) is 4.22. The van der Waals surface area contributed by atoms with E-state index in [1.54, 1.807) is 13.8 Å². The van der Waals surface area contributed by atoms with Crippen LogP contribution in [0, 0.1) is 23.5 Å². The molecule has 2 atom stereocenters. The molecule has 0 aliphatic carbocycles. The minimum Gasteiger partial charge on any atom is -0.493 e. The molecule has 0 bridgehead atoms. The second kappa shape index (κ2) is 12.2. The van der Waals surface area contributed by atoms with Gasteiger partial charge in [0.25, 0.3) is 11.8 Å². The predicted molar refractivity (Wildman–Crippen MR) is 133 cm³/mol. The molecule has 2 aliphatic rings. The number of rotatable bonds is 8. The minimum atomic E-state index is -0.963. The van der Waals surface area contributed by atoms with Crippen molar-refractivity contribution in [3.05, 3.63) is 59.2 Å². The van der Waals surface area contributed by atoms with E-state index in [1.165, 1.54) is 50.5 Å². The van der Waals surface area contributed by atoms with E-state index in [0.717, 1.165) is 10.0 Å². The van der Waals surface area contributed by atoms with Crippen LogP contribution in [0.15, 0.2) is 46.6 Å². The molecule has 2 aromatic rings. The molecule has 0 aromatic heterocycles. The maximum absolute atomic E-state index is 13.2. The summed E-state index contributed by atoms with van der Waals surface area (Å²) in [5.74, 6) is -3.09. The molecular weight excluding hydrogens is 502 g/mol. The van der Waals surface area contributed by atoms with E-state index in [2.05, 4.69) is 10.2 Å². The number of benzene rings is 2. The van der Waals surface area contributed by atoms with E-state index in [0.29, 0.717) is 36.9 Å². The van der Waals surface area contributed by atoms with Crippen LogP contribution in [-0.2, 0) is 19.2 Å². The van der Waals surface area contributed by atoms with Gasteiger partial charge in [-0.3, -0.25) is 9.59 Å². The lowest BCUT2D eigenvalue weighted by molar-refractivity contribution is -0.133. The molecule has 0 fully saturated rings. The number of carbonyl (C=O) groups is 4. The van der Waals surface area contributed by atoms with Crippen molar-refractivity contribution in [1.82, 2.24) is 10.0 Å². The zero-order valence-corrected chi connectivity index (χ0v) is 21.2. The molecule has 2 amide bonds. The van der Waals surface area contributed by atoms with E-state index < -0.39 is 35.3 Å². The van der Waals surface area contributed by atoms with Crippen molar-refractivity contribution in [2.75, 3.05) is 27.3 Å². The molecular formula is C26H26F2N4O6. The third kappa shape index (κ3) is 5.74. The summed E-state index contributed by atoms with van der Waals surface area (Å²) in [6, 6.07) is 7.83. The lowest BCUT2D eigenvalue weighted by Gasteiger charge is -2.11. The highest BCUT2D eigenvalue weighted by Crippen LogP contribution is 2.28. The standard InChI is InChI=1S/2C13H13FN2O3/c2*1-3-19-11-6-8(14)4-5-9(11)12-10(7-17)13(18)16(2)15-12/h2*4-7,10H,3H2,1-2H3. The van der Waals surface area contributed by atoms with Gasteiger partial charge in [0, 0.05) is 37.4 Å². The van der Waals surface area contributed by atoms with Crippen LogP contribution in [0.4, 0.5) is 8.78 Å². The van der Waals surface area contributed by atoms with Crippen LogP contribution >= 0.6 is 0 Å². The summed E-state index contributed by atoms with van der Waals surface area (Å²) in [5, 5.41) is 10.3. The molecule has 10 nitrogen and oxygen atoms in total. The Morgan fingerprint density at radius 3 is 1.45 bits per heavy atom. The molecule has 2 aromatic carbocycles. The van der Waals surface area contributed by atoms with Crippen LogP contribution in [0.2, 0.25) is 0 Å². The SMILES string of the molecule is CCOc1cc(F)ccc1C1=NN(C)C(=O)C1C=O.CCOc1cc(F)ccc1C1=NN(C)C(=O)C1C=O. The maximum Gasteiger partial charge on any atom is 0.258 e. The van der Waals surface area contributed by atoms with E-state index in [-0.39, 0.29) is 22.9 Å². The average Bonchev–Trinajstić information content (AvgIpc) is 3.33. The summed E-state index contributed by atoms with van der Waals surface area (Å²) < 4.78 is 37.1. The van der Waals surface area contributed by atoms with Gasteiger partial charge >= 0.3 is 0 Å². The third-order valence-electron chi connectivity index (χ3n) is 5.59. The number of hydrazone groups is 2. The van der Waals surface area contributed by atoms with Crippen LogP contribution in [0.3, 0.4) is 0 Å². The maximum atomic E-state index is 13.2. The Kier molecular flexibility index (Phi) is 9.00. The summed E-state index contributed by atoms with van der Waals surface area (Å²) in [5.41, 5.74) is 1.48. The highest BCUT2D eigenvalue weighted by molar-refractivity contribution is 6.25. The quantitative estimate of drug-likeness (QED) is 0.384. The van der Waals surface area contributed by atoms with E-state index in [1.807, 2.05) is 0 Å². The van der Waals surface area contributed by atoms with Gasteiger partial charge in [0.2, 0.25) is 0 Å². The van der Waals surface area contributed by atoms with Crippen molar-refractivity contribution in [2.45, 2.75) is 13.8 Å². The fourth-order valence-electron chi connectivity index (χ4n) is 3.84. The van der Waals surface area contributed by atoms with E-state index in [9.17, 15) is 28.0 Å². The van der Waals surface area contributed by atoms with Crippen LogP contribution < -0.4 is 9.47 Å². The topological polar surface area (TPSA) is 118 Å². The number of carbonyl (C=O) groups excluding carboxylic acids is 4. The Morgan fingerprint density at radius 2 is 1.13 bits per heavy atom. The van der Waals surface area contributed by atoms with Crippen LogP contribution in [0.25, 0.3) is 0 Å². The molecule has 0 saturated heterocycles. The smallest absolute Gasteiger partial charge is 0.258 e. The van der Waals surface area contributed by atoms with Gasteiger partial charge in [-0.05, 0) is 38.1 Å². The van der Waals surface area contributed by atoms with Gasteiger partial charge in [0.15, 0.2) is 0 Å². The van der Waals surface area contributed by atoms with Gasteiger partial charge < -0.3 is 19.1 Å². The molecule has 2 unspecified atom stereocenters. The average molecular weight is 529 g/mol. The summed E-state index contributed by atoms with van der Waals surface area (Å²) in [6.07, 6.45) is 1.06. The number of halogens is 2. The van der Waals surface area contributed by atoms with Gasteiger partial charge in [0.05, 0.1) is 24.6 Å². The monoisotopic (exact) mass is 528 g/mol. The zero-order valence-electron chi connectivity index (χ0n) is 21.2. The number of ether oxygens (including phenoxy) is 2. The first-order valence-corrected chi connectivity index (χ1v) is 11.6. The molecule has 12 heteroatoms. The normalized spacial score (nSPS) is 18.5. The molecule has 4 rings (SSSR count). The number of hydrogen-bond donors (Lipinski definition) is 0. The Balaban J connectivity index is 0.000000211. The highest BCUT2D eigenvalue weighted by atomic mass is 19.1. The lowest BCUT2D eigenvalue weighted by Crippen LogP contribution is -2.26. The second-order valence-corrected chi connectivity index (χ2v) is 8.07. The molecule has 0 radical (unpaired) electrons. The first-order valence-electron chi connectivity index (χ1n) is 11.6. The lowest BCUT2D eigenvalue weighted by atomic mass is 9.97. The molecule has 0 N–H and O–H groups in total. The van der Waals surface area contributed by atoms with E-state index in [4.69, 9.17) is 9.47 Å². The second-order valence-electron chi connectivity index (χ2n) is 8.07. The molecule has 0 saturated carbocycles. The van der Waals surface area contributed by atoms with Crippen molar-refractivity contribution >= 4 is 35.8 Å². The number of aldehydes is 2. The fraction of sp³-hybridized carbons (Fsp3) is 0.308. The Morgan fingerprint density at radius 1 is 0.763 bits per heavy atom. The minimum absolute atomic E-state index is 0.274. The number of nitrogens with zero attached hydrogens (tertiary/aromatic N) is 4. The first kappa shape index (κ1) is 28.1. The van der Waals surface area contributed by atoms with Crippen LogP contribution in [0.5, 0.6) is 11.5 Å².